The predicted octanol–water partition coefficient (Wildman–Crippen LogP) is 15.9. The minimum Gasteiger partial charge on any atom is -0.455 e. The van der Waals surface area contributed by atoms with E-state index in [1.165, 1.54) is 53.1 Å². The SMILES string of the molecule is c1ccc(-c2ccc3sc4ccc(N(c5ccc(-n6c7ccccc7c7ccccc76)cc5)c5ccc(-c6ccccc6)c6oc7ccccc7c56)cc4c3c2)cc1. The van der Waals surface area contributed by atoms with Crippen LogP contribution in [0, 0.1) is 0 Å². The van der Waals surface area contributed by atoms with Crippen LogP contribution in [0.4, 0.5) is 17.1 Å². The lowest BCUT2D eigenvalue weighted by atomic mass is 9.99. The first-order valence-corrected chi connectivity index (χ1v) is 20.5. The molecule has 12 rings (SSSR count). The van der Waals surface area contributed by atoms with E-state index in [0.29, 0.717) is 0 Å². The van der Waals surface area contributed by atoms with Crippen LogP contribution in [0.1, 0.15) is 0 Å². The summed E-state index contributed by atoms with van der Waals surface area (Å²) in [6.07, 6.45) is 0. The van der Waals surface area contributed by atoms with Crippen molar-refractivity contribution in [2.24, 2.45) is 0 Å². The average molecular weight is 759 g/mol. The van der Waals surface area contributed by atoms with Gasteiger partial charge in [0.15, 0.2) is 0 Å². The molecule has 0 N–H and O–H groups in total. The summed E-state index contributed by atoms with van der Waals surface area (Å²) in [5, 5.41) is 7.20. The Morgan fingerprint density at radius 1 is 0.414 bits per heavy atom. The van der Waals surface area contributed by atoms with Gasteiger partial charge in [-0.2, -0.15) is 0 Å². The number of furan rings is 1. The normalized spacial score (nSPS) is 11.8. The van der Waals surface area contributed by atoms with Crippen molar-refractivity contribution < 1.29 is 4.42 Å². The molecule has 0 amide bonds. The molecule has 12 aromatic rings. The summed E-state index contributed by atoms with van der Waals surface area (Å²) < 4.78 is 11.7. The third kappa shape index (κ3) is 5.12. The van der Waals surface area contributed by atoms with Crippen molar-refractivity contribution in [3.8, 4) is 27.9 Å². The molecule has 0 aliphatic carbocycles. The summed E-state index contributed by atoms with van der Waals surface area (Å²) in [5.41, 5.74) is 13.1. The summed E-state index contributed by atoms with van der Waals surface area (Å²) in [5.74, 6) is 0. The molecule has 0 atom stereocenters. The number of hydrogen-bond acceptors (Lipinski definition) is 3. The molecule has 9 aromatic carbocycles. The number of thiophene rings is 1. The predicted molar refractivity (Wildman–Crippen MR) is 247 cm³/mol. The Kier molecular flexibility index (Phi) is 7.40. The van der Waals surface area contributed by atoms with Gasteiger partial charge >= 0.3 is 0 Å². The zero-order valence-corrected chi connectivity index (χ0v) is 32.2. The maximum atomic E-state index is 6.79. The molecular formula is C54H34N2OS. The van der Waals surface area contributed by atoms with Crippen LogP contribution in [0.25, 0.3) is 91.9 Å². The van der Waals surface area contributed by atoms with Crippen LogP contribution in [-0.2, 0) is 0 Å². The highest BCUT2D eigenvalue weighted by atomic mass is 32.1. The van der Waals surface area contributed by atoms with Crippen LogP contribution in [-0.4, -0.2) is 4.57 Å². The number of benzene rings is 9. The molecule has 4 heteroatoms. The highest BCUT2D eigenvalue weighted by molar-refractivity contribution is 7.25. The van der Waals surface area contributed by atoms with Crippen molar-refractivity contribution in [1.82, 2.24) is 4.57 Å². The molecule has 0 bridgehead atoms. The molecule has 0 saturated carbocycles. The summed E-state index contributed by atoms with van der Waals surface area (Å²) in [6, 6.07) is 74.4. The van der Waals surface area contributed by atoms with Gasteiger partial charge in [-0.1, -0.05) is 121 Å². The molecule has 3 aromatic heterocycles. The largest absolute Gasteiger partial charge is 0.455 e. The van der Waals surface area contributed by atoms with Crippen molar-refractivity contribution in [2.45, 2.75) is 0 Å². The first kappa shape index (κ1) is 32.8. The van der Waals surface area contributed by atoms with Gasteiger partial charge < -0.3 is 13.9 Å². The molecule has 272 valence electrons. The summed E-state index contributed by atoms with van der Waals surface area (Å²) in [7, 11) is 0. The van der Waals surface area contributed by atoms with Gasteiger partial charge in [0.1, 0.15) is 11.2 Å². The smallest absolute Gasteiger partial charge is 0.145 e. The fourth-order valence-corrected chi connectivity index (χ4v) is 10.0. The number of hydrogen-bond donors (Lipinski definition) is 0. The second-order valence-electron chi connectivity index (χ2n) is 14.9. The number of fused-ring (bicyclic) bond motifs is 9. The average Bonchev–Trinajstić information content (AvgIpc) is 3.97. The lowest BCUT2D eigenvalue weighted by Crippen LogP contribution is -2.10. The standard InChI is InChI=1S/C54H34N2OS/c1-3-13-35(14-4-1)37-23-31-51-45(33-37)46-34-40(28-32-52(46)58-51)55(38-24-26-39(27-25-38)56-47-20-10-7-17-42(47)43-18-8-11-21-48(43)56)49-30-29-41(36-15-5-2-6-16-36)54-53(49)44-19-9-12-22-50(44)57-54/h1-34H. The summed E-state index contributed by atoms with van der Waals surface area (Å²) >= 11 is 1.85. The second-order valence-corrected chi connectivity index (χ2v) is 16.0. The third-order valence-electron chi connectivity index (χ3n) is 11.6. The van der Waals surface area contributed by atoms with Gasteiger partial charge in [0.25, 0.3) is 0 Å². The number of para-hydroxylation sites is 3. The first-order valence-electron chi connectivity index (χ1n) is 19.7. The van der Waals surface area contributed by atoms with Crippen molar-refractivity contribution >= 4 is 92.3 Å². The Labute approximate surface area is 338 Å². The number of anilines is 3. The van der Waals surface area contributed by atoms with E-state index in [1.54, 1.807) is 0 Å². The zero-order valence-electron chi connectivity index (χ0n) is 31.3. The molecule has 58 heavy (non-hydrogen) atoms. The van der Waals surface area contributed by atoms with Crippen LogP contribution in [0.5, 0.6) is 0 Å². The molecule has 0 aliphatic heterocycles. The van der Waals surface area contributed by atoms with Crippen molar-refractivity contribution in [1.29, 1.82) is 0 Å². The molecule has 3 heterocycles. The first-order chi connectivity index (χ1) is 28.8. The molecule has 0 radical (unpaired) electrons. The van der Waals surface area contributed by atoms with Crippen LogP contribution >= 0.6 is 11.3 Å². The second kappa shape index (κ2) is 13.1. The summed E-state index contributed by atoms with van der Waals surface area (Å²) in [4.78, 5) is 2.42. The van der Waals surface area contributed by atoms with Gasteiger partial charge in [0.2, 0.25) is 0 Å². The lowest BCUT2D eigenvalue weighted by molar-refractivity contribution is 0.670. The molecule has 0 saturated heterocycles. The minimum absolute atomic E-state index is 0.872. The van der Waals surface area contributed by atoms with Crippen LogP contribution in [0.15, 0.2) is 211 Å². The molecule has 0 unspecified atom stereocenters. The van der Waals surface area contributed by atoms with Gasteiger partial charge in [-0.05, 0) is 102 Å². The van der Waals surface area contributed by atoms with Gasteiger partial charge in [0.05, 0.1) is 22.1 Å². The maximum Gasteiger partial charge on any atom is 0.145 e. The minimum atomic E-state index is 0.872. The van der Waals surface area contributed by atoms with Crippen LogP contribution < -0.4 is 4.90 Å². The van der Waals surface area contributed by atoms with Crippen molar-refractivity contribution in [2.75, 3.05) is 4.90 Å². The van der Waals surface area contributed by atoms with Gasteiger partial charge in [-0.25, -0.2) is 0 Å². The van der Waals surface area contributed by atoms with E-state index in [2.05, 4.69) is 216 Å². The Morgan fingerprint density at radius 3 is 1.72 bits per heavy atom. The van der Waals surface area contributed by atoms with E-state index < -0.39 is 0 Å². The number of rotatable bonds is 6. The summed E-state index contributed by atoms with van der Waals surface area (Å²) in [6.45, 7) is 0. The molecule has 3 nitrogen and oxygen atoms in total. The Bertz CT molecular complexity index is 3450. The fourth-order valence-electron chi connectivity index (χ4n) is 8.94. The van der Waals surface area contributed by atoms with Gasteiger partial charge in [0, 0.05) is 59.0 Å². The monoisotopic (exact) mass is 758 g/mol. The van der Waals surface area contributed by atoms with E-state index in [9.17, 15) is 0 Å². The topological polar surface area (TPSA) is 21.3 Å². The maximum absolute atomic E-state index is 6.79. The van der Waals surface area contributed by atoms with E-state index in [4.69, 9.17) is 4.42 Å². The van der Waals surface area contributed by atoms with Crippen molar-refractivity contribution in [3.63, 3.8) is 0 Å². The lowest BCUT2D eigenvalue weighted by Gasteiger charge is -2.27. The van der Waals surface area contributed by atoms with Crippen LogP contribution in [0.3, 0.4) is 0 Å². The van der Waals surface area contributed by atoms with E-state index in [0.717, 1.165) is 55.8 Å². The Hall–Kier alpha value is -7.40. The zero-order chi connectivity index (χ0) is 38.2. The van der Waals surface area contributed by atoms with Crippen LogP contribution in [0.2, 0.25) is 0 Å². The number of aromatic nitrogens is 1. The highest BCUT2D eigenvalue weighted by Gasteiger charge is 2.23. The van der Waals surface area contributed by atoms with Gasteiger partial charge in [-0.15, -0.1) is 11.3 Å². The van der Waals surface area contributed by atoms with E-state index >= 15 is 0 Å². The number of nitrogens with zero attached hydrogens (tertiary/aromatic N) is 2. The van der Waals surface area contributed by atoms with Crippen molar-refractivity contribution in [3.05, 3.63) is 206 Å². The Morgan fingerprint density at radius 2 is 1.00 bits per heavy atom. The Balaban J connectivity index is 1.10. The van der Waals surface area contributed by atoms with Gasteiger partial charge in [-0.3, -0.25) is 0 Å². The van der Waals surface area contributed by atoms with E-state index in [-0.39, 0.29) is 0 Å². The fraction of sp³-hybridized carbons (Fsp3) is 0. The highest BCUT2D eigenvalue weighted by Crippen LogP contribution is 2.48. The third-order valence-corrected chi connectivity index (χ3v) is 12.7. The molecule has 0 aliphatic rings. The molecular weight excluding hydrogens is 725 g/mol. The van der Waals surface area contributed by atoms with E-state index in [1.807, 2.05) is 11.3 Å². The molecule has 0 spiro atoms. The quantitative estimate of drug-likeness (QED) is 0.168. The molecule has 0 fully saturated rings.